The van der Waals surface area contributed by atoms with Gasteiger partial charge in [-0.15, -0.1) is 0 Å². The van der Waals surface area contributed by atoms with Crippen LogP contribution in [0.1, 0.15) is 23.2 Å². The van der Waals surface area contributed by atoms with E-state index < -0.39 is 5.82 Å². The van der Waals surface area contributed by atoms with Gasteiger partial charge in [0.05, 0.1) is 13.7 Å². The first-order valence-electron chi connectivity index (χ1n) is 7.59. The Morgan fingerprint density at radius 2 is 2.17 bits per heavy atom. The van der Waals surface area contributed by atoms with Crippen molar-refractivity contribution < 1.29 is 23.5 Å². The zero-order valence-electron chi connectivity index (χ0n) is 13.1. The van der Waals surface area contributed by atoms with Crippen molar-refractivity contribution in [2.24, 2.45) is 0 Å². The number of nitrogens with zero attached hydrogens (tertiary/aromatic N) is 1. The van der Waals surface area contributed by atoms with E-state index in [1.54, 1.807) is 4.90 Å². The van der Waals surface area contributed by atoms with Gasteiger partial charge in [-0.3, -0.25) is 9.59 Å². The van der Waals surface area contributed by atoms with Gasteiger partial charge in [-0.2, -0.15) is 0 Å². The Hall–Kier alpha value is -2.15. The molecule has 7 heteroatoms. The first kappa shape index (κ1) is 17.2. The van der Waals surface area contributed by atoms with Crippen LogP contribution in [0.5, 0.6) is 5.75 Å². The molecule has 0 saturated carbocycles. The van der Waals surface area contributed by atoms with Crippen LogP contribution < -0.4 is 10.1 Å². The molecule has 1 aromatic rings. The number of rotatable bonds is 2. The molecule has 1 aromatic carbocycles. The van der Waals surface area contributed by atoms with Crippen LogP contribution in [0.25, 0.3) is 0 Å². The molecule has 2 rings (SSSR count). The molecule has 1 saturated heterocycles. The molecule has 126 valence electrons. The van der Waals surface area contributed by atoms with E-state index >= 15 is 0 Å². The smallest absolute Gasteiger partial charge is 0.253 e. The molecule has 1 heterocycles. The first-order chi connectivity index (χ1) is 11.1. The summed E-state index contributed by atoms with van der Waals surface area (Å²) in [7, 11) is 1.37. The molecule has 0 bridgehead atoms. The molecule has 0 aromatic heterocycles. The van der Waals surface area contributed by atoms with Crippen molar-refractivity contribution in [2.75, 3.05) is 40.0 Å². The third-order valence-corrected chi connectivity index (χ3v) is 3.58. The fourth-order valence-electron chi connectivity index (χ4n) is 2.34. The van der Waals surface area contributed by atoms with Crippen LogP contribution in [-0.4, -0.2) is 56.7 Å². The molecule has 23 heavy (non-hydrogen) atoms. The van der Waals surface area contributed by atoms with E-state index in [1.807, 2.05) is 0 Å². The molecule has 6 nitrogen and oxygen atoms in total. The van der Waals surface area contributed by atoms with Gasteiger partial charge >= 0.3 is 0 Å². The fourth-order valence-corrected chi connectivity index (χ4v) is 2.34. The van der Waals surface area contributed by atoms with Crippen LogP contribution >= 0.6 is 0 Å². The average molecular weight is 324 g/mol. The van der Waals surface area contributed by atoms with Crippen LogP contribution in [-0.2, 0) is 9.53 Å². The molecule has 0 aliphatic carbocycles. The highest BCUT2D eigenvalue weighted by atomic mass is 19.1. The van der Waals surface area contributed by atoms with E-state index in [-0.39, 0.29) is 36.1 Å². The van der Waals surface area contributed by atoms with E-state index in [9.17, 15) is 14.0 Å². The maximum Gasteiger partial charge on any atom is 0.253 e. The average Bonchev–Trinajstić information content (AvgIpc) is 2.60. The summed E-state index contributed by atoms with van der Waals surface area (Å²) in [5, 5.41) is 2.73. The van der Waals surface area contributed by atoms with Crippen molar-refractivity contribution in [1.29, 1.82) is 0 Å². The minimum absolute atomic E-state index is 0.0896. The summed E-state index contributed by atoms with van der Waals surface area (Å²) in [6.45, 7) is 2.19. The highest BCUT2D eigenvalue weighted by Gasteiger charge is 2.19. The predicted octanol–water partition coefficient (Wildman–Crippen LogP) is 1.20. The minimum atomic E-state index is -0.586. The molecule has 2 amide bonds. The number of amides is 2. The normalized spacial score (nSPS) is 17.1. The standard InChI is InChI=1S/C16H21FN2O4/c1-22-14-4-3-12(11-13(14)17)16(21)19-7-2-9-23-10-6-18-15(20)5-8-19/h3-4,11H,2,5-10H2,1H3,(H,18,20). The lowest BCUT2D eigenvalue weighted by Crippen LogP contribution is -2.36. The molecule has 0 atom stereocenters. The van der Waals surface area contributed by atoms with Gasteiger partial charge in [0.15, 0.2) is 11.6 Å². The van der Waals surface area contributed by atoms with Crippen molar-refractivity contribution in [1.82, 2.24) is 10.2 Å². The Kier molecular flexibility index (Phi) is 6.34. The second-order valence-corrected chi connectivity index (χ2v) is 5.21. The number of carbonyl (C=O) groups excluding carboxylic acids is 2. The van der Waals surface area contributed by atoms with Gasteiger partial charge in [-0.05, 0) is 24.6 Å². The molecule has 0 spiro atoms. The van der Waals surface area contributed by atoms with E-state index in [0.29, 0.717) is 32.7 Å². The lowest BCUT2D eigenvalue weighted by molar-refractivity contribution is -0.121. The van der Waals surface area contributed by atoms with Crippen molar-refractivity contribution in [3.63, 3.8) is 0 Å². The van der Waals surface area contributed by atoms with Gasteiger partial charge in [0.1, 0.15) is 0 Å². The van der Waals surface area contributed by atoms with E-state index in [2.05, 4.69) is 5.32 Å². The van der Waals surface area contributed by atoms with Crippen LogP contribution in [0.15, 0.2) is 18.2 Å². The van der Waals surface area contributed by atoms with Gasteiger partial charge in [0.25, 0.3) is 5.91 Å². The number of carbonyl (C=O) groups is 2. The second-order valence-electron chi connectivity index (χ2n) is 5.21. The van der Waals surface area contributed by atoms with Crippen molar-refractivity contribution in [3.05, 3.63) is 29.6 Å². The van der Waals surface area contributed by atoms with Crippen molar-refractivity contribution >= 4 is 11.8 Å². The number of methoxy groups -OCH3 is 1. The van der Waals surface area contributed by atoms with Gasteiger partial charge in [0.2, 0.25) is 5.91 Å². The Morgan fingerprint density at radius 1 is 1.35 bits per heavy atom. The van der Waals surface area contributed by atoms with Crippen molar-refractivity contribution in [2.45, 2.75) is 12.8 Å². The third-order valence-electron chi connectivity index (χ3n) is 3.58. The summed E-state index contributed by atoms with van der Waals surface area (Å²) < 4.78 is 24.0. The summed E-state index contributed by atoms with van der Waals surface area (Å²) in [6.07, 6.45) is 0.878. The minimum Gasteiger partial charge on any atom is -0.494 e. The maximum atomic E-state index is 13.8. The van der Waals surface area contributed by atoms with Gasteiger partial charge in [-0.25, -0.2) is 4.39 Å². The third kappa shape index (κ3) is 4.92. The molecule has 1 N–H and O–H groups in total. The number of halogens is 1. The molecule has 0 unspecified atom stereocenters. The van der Waals surface area contributed by atoms with Crippen LogP contribution in [0, 0.1) is 5.82 Å². The SMILES string of the molecule is COc1ccc(C(=O)N2CCCOCCNC(=O)CC2)cc1F. The molecular weight excluding hydrogens is 303 g/mol. The van der Waals surface area contributed by atoms with Crippen LogP contribution in [0.2, 0.25) is 0 Å². The van der Waals surface area contributed by atoms with Crippen LogP contribution in [0.4, 0.5) is 4.39 Å². The monoisotopic (exact) mass is 324 g/mol. The topological polar surface area (TPSA) is 67.9 Å². The Balaban J connectivity index is 2.10. The van der Waals surface area contributed by atoms with Gasteiger partial charge < -0.3 is 19.7 Å². The predicted molar refractivity (Wildman–Crippen MR) is 81.9 cm³/mol. The quantitative estimate of drug-likeness (QED) is 0.888. The number of hydrogen-bond acceptors (Lipinski definition) is 4. The van der Waals surface area contributed by atoms with E-state index in [1.165, 1.54) is 19.2 Å². The van der Waals surface area contributed by atoms with Crippen LogP contribution in [0.3, 0.4) is 0 Å². The maximum absolute atomic E-state index is 13.8. The van der Waals surface area contributed by atoms with Crippen molar-refractivity contribution in [3.8, 4) is 5.75 Å². The summed E-state index contributed by atoms with van der Waals surface area (Å²) >= 11 is 0. The van der Waals surface area contributed by atoms with E-state index in [4.69, 9.17) is 9.47 Å². The summed E-state index contributed by atoms with van der Waals surface area (Å²) in [4.78, 5) is 25.8. The fraction of sp³-hybridized carbons (Fsp3) is 0.500. The number of benzene rings is 1. The summed E-state index contributed by atoms with van der Waals surface area (Å²) in [5.41, 5.74) is 0.236. The summed E-state index contributed by atoms with van der Waals surface area (Å²) in [5.74, 6) is -0.933. The summed E-state index contributed by atoms with van der Waals surface area (Å²) in [6, 6.07) is 4.10. The lowest BCUT2D eigenvalue weighted by atomic mass is 10.1. The largest absolute Gasteiger partial charge is 0.494 e. The van der Waals surface area contributed by atoms with Gasteiger partial charge in [0, 0.05) is 38.2 Å². The lowest BCUT2D eigenvalue weighted by Gasteiger charge is -2.22. The van der Waals surface area contributed by atoms with E-state index in [0.717, 1.165) is 6.07 Å². The second kappa shape index (κ2) is 8.47. The van der Waals surface area contributed by atoms with Gasteiger partial charge in [-0.1, -0.05) is 0 Å². The first-order valence-corrected chi connectivity index (χ1v) is 7.59. The highest BCUT2D eigenvalue weighted by molar-refractivity contribution is 5.94. The molecule has 1 aliphatic rings. The Morgan fingerprint density at radius 3 is 2.91 bits per heavy atom. The Labute approximate surface area is 134 Å². The molecular formula is C16H21FN2O4. The molecule has 1 aliphatic heterocycles. The zero-order chi connectivity index (χ0) is 16.7. The number of hydrogen-bond donors (Lipinski definition) is 1. The number of ether oxygens (including phenoxy) is 2. The molecule has 1 fully saturated rings. The Bertz CT molecular complexity index is 565. The number of nitrogens with one attached hydrogen (secondary N) is 1. The molecule has 0 radical (unpaired) electrons. The highest BCUT2D eigenvalue weighted by Crippen LogP contribution is 2.19. The zero-order valence-corrected chi connectivity index (χ0v) is 13.1.